The number of hydrogen-bond acceptors (Lipinski definition) is 6. The molecule has 6 heteroatoms. The highest BCUT2D eigenvalue weighted by atomic mass is 16.6. The van der Waals surface area contributed by atoms with Gasteiger partial charge in [-0.15, -0.1) is 0 Å². The van der Waals surface area contributed by atoms with Crippen molar-refractivity contribution in [2.24, 2.45) is 11.8 Å². The SMILES string of the molecule is CCCCCCCCCCCCCCCCCCCCC(=O)OC[C@@H](COC(=O)CCCCCCCCCCCCCCCCC(C)CC)OC(=O)CCCCCCCCCCCCC(C)CC. The molecule has 0 saturated carbocycles. The minimum absolute atomic E-state index is 0.0625. The van der Waals surface area contributed by atoms with Crippen LogP contribution in [0.2, 0.25) is 0 Å². The molecule has 2 unspecified atom stereocenters. The zero-order valence-electron chi connectivity index (χ0n) is 46.7. The van der Waals surface area contributed by atoms with E-state index in [2.05, 4.69) is 34.6 Å². The molecule has 0 aromatic carbocycles. The van der Waals surface area contributed by atoms with Gasteiger partial charge in [0.2, 0.25) is 0 Å². The summed E-state index contributed by atoms with van der Waals surface area (Å²) in [6, 6.07) is 0. The van der Waals surface area contributed by atoms with Gasteiger partial charge < -0.3 is 14.2 Å². The maximum absolute atomic E-state index is 12.9. The molecule has 3 atom stereocenters. The molecule has 0 rings (SSSR count). The standard InChI is InChI=1S/C62H120O6/c1-6-9-10-11-12-13-14-15-16-17-18-19-23-26-32-37-42-47-52-60(63)66-55-59(68-62(65)54-49-44-39-34-29-28-31-36-41-46-51-58(5)8-3)56-67-61(64)53-48-43-38-33-27-24-21-20-22-25-30-35-40-45-50-57(4)7-2/h57-59H,6-56H2,1-5H3/t57?,58?,59-/m0/s1. The van der Waals surface area contributed by atoms with Gasteiger partial charge >= 0.3 is 17.9 Å². The van der Waals surface area contributed by atoms with Gasteiger partial charge in [0.25, 0.3) is 0 Å². The molecule has 0 saturated heterocycles. The predicted octanol–water partition coefficient (Wildman–Crippen LogP) is 20.4. The minimum atomic E-state index is -0.764. The molecule has 0 N–H and O–H groups in total. The van der Waals surface area contributed by atoms with E-state index in [1.54, 1.807) is 0 Å². The first kappa shape index (κ1) is 66.4. The van der Waals surface area contributed by atoms with Crippen molar-refractivity contribution in [1.29, 1.82) is 0 Å². The van der Waals surface area contributed by atoms with Crippen LogP contribution in [-0.2, 0) is 28.6 Å². The summed E-state index contributed by atoms with van der Waals surface area (Å²) >= 11 is 0. The van der Waals surface area contributed by atoms with E-state index in [4.69, 9.17) is 14.2 Å². The lowest BCUT2D eigenvalue weighted by Crippen LogP contribution is -2.30. The van der Waals surface area contributed by atoms with Crippen molar-refractivity contribution in [3.63, 3.8) is 0 Å². The summed E-state index contributed by atoms with van der Waals surface area (Å²) in [6.07, 6.45) is 59.4. The lowest BCUT2D eigenvalue weighted by atomic mass is 9.99. The Hall–Kier alpha value is -1.59. The molecule has 0 aliphatic rings. The van der Waals surface area contributed by atoms with Gasteiger partial charge in [0, 0.05) is 19.3 Å². The van der Waals surface area contributed by atoms with E-state index < -0.39 is 6.10 Å². The van der Waals surface area contributed by atoms with Crippen LogP contribution in [0.5, 0.6) is 0 Å². The lowest BCUT2D eigenvalue weighted by Gasteiger charge is -2.18. The van der Waals surface area contributed by atoms with Crippen molar-refractivity contribution in [3.05, 3.63) is 0 Å². The first-order valence-electron chi connectivity index (χ1n) is 30.8. The molecular weight excluding hydrogens is 841 g/mol. The van der Waals surface area contributed by atoms with E-state index in [0.29, 0.717) is 19.3 Å². The summed E-state index contributed by atoms with van der Waals surface area (Å²) in [5.74, 6) is 0.927. The molecule has 68 heavy (non-hydrogen) atoms. The molecule has 0 bridgehead atoms. The van der Waals surface area contributed by atoms with Gasteiger partial charge in [-0.05, 0) is 31.1 Å². The summed E-state index contributed by atoms with van der Waals surface area (Å²) in [7, 11) is 0. The normalized spacial score (nSPS) is 12.8. The van der Waals surface area contributed by atoms with Crippen LogP contribution in [0.3, 0.4) is 0 Å². The molecular formula is C62H120O6. The summed E-state index contributed by atoms with van der Waals surface area (Å²) in [4.78, 5) is 38.2. The lowest BCUT2D eigenvalue weighted by molar-refractivity contribution is -0.167. The van der Waals surface area contributed by atoms with Gasteiger partial charge in [0.1, 0.15) is 13.2 Å². The maximum atomic E-state index is 12.9. The Morgan fingerprint density at radius 2 is 0.515 bits per heavy atom. The number of ether oxygens (including phenoxy) is 3. The van der Waals surface area contributed by atoms with Crippen LogP contribution in [0.15, 0.2) is 0 Å². The fourth-order valence-corrected chi connectivity index (χ4v) is 9.52. The number of esters is 3. The fraction of sp³-hybridized carbons (Fsp3) is 0.952. The van der Waals surface area contributed by atoms with Crippen molar-refractivity contribution in [3.8, 4) is 0 Å². The minimum Gasteiger partial charge on any atom is -0.462 e. The van der Waals surface area contributed by atoms with E-state index >= 15 is 0 Å². The zero-order valence-corrected chi connectivity index (χ0v) is 46.7. The highest BCUT2D eigenvalue weighted by Gasteiger charge is 2.19. The first-order chi connectivity index (χ1) is 33.3. The van der Waals surface area contributed by atoms with Crippen LogP contribution in [-0.4, -0.2) is 37.2 Å². The molecule has 0 spiro atoms. The summed E-state index contributed by atoms with van der Waals surface area (Å²) in [6.45, 7) is 11.5. The molecule has 0 radical (unpaired) electrons. The van der Waals surface area contributed by atoms with E-state index in [9.17, 15) is 14.4 Å². The molecule has 0 aromatic rings. The van der Waals surface area contributed by atoms with Gasteiger partial charge in [0.05, 0.1) is 0 Å². The van der Waals surface area contributed by atoms with Crippen LogP contribution in [0.1, 0.15) is 349 Å². The average Bonchev–Trinajstić information content (AvgIpc) is 3.34. The number of hydrogen-bond donors (Lipinski definition) is 0. The molecule has 404 valence electrons. The fourth-order valence-electron chi connectivity index (χ4n) is 9.52. The molecule has 0 aliphatic carbocycles. The Labute approximate surface area is 425 Å². The number of carbonyl (C=O) groups is 3. The Morgan fingerprint density at radius 3 is 0.765 bits per heavy atom. The number of unbranched alkanes of at least 4 members (excludes halogenated alkanes) is 39. The Bertz CT molecular complexity index is 1040. The summed E-state index contributed by atoms with van der Waals surface area (Å²) in [5, 5.41) is 0. The second-order valence-corrected chi connectivity index (χ2v) is 21.8. The third-order valence-corrected chi connectivity index (χ3v) is 14.9. The second-order valence-electron chi connectivity index (χ2n) is 21.8. The van der Waals surface area contributed by atoms with E-state index in [1.807, 2.05) is 0 Å². The van der Waals surface area contributed by atoms with Gasteiger partial charge in [-0.1, -0.05) is 311 Å². The zero-order chi connectivity index (χ0) is 49.6. The number of rotatable bonds is 56. The monoisotopic (exact) mass is 961 g/mol. The van der Waals surface area contributed by atoms with Gasteiger partial charge in [-0.2, -0.15) is 0 Å². The largest absolute Gasteiger partial charge is 0.462 e. The topological polar surface area (TPSA) is 78.9 Å². The molecule has 0 amide bonds. The van der Waals surface area contributed by atoms with Crippen LogP contribution >= 0.6 is 0 Å². The number of carbonyl (C=O) groups excluding carboxylic acids is 3. The molecule has 0 heterocycles. The quantitative estimate of drug-likeness (QED) is 0.0343. The first-order valence-corrected chi connectivity index (χ1v) is 30.8. The van der Waals surface area contributed by atoms with Crippen LogP contribution in [0.25, 0.3) is 0 Å². The third-order valence-electron chi connectivity index (χ3n) is 14.9. The van der Waals surface area contributed by atoms with Crippen molar-refractivity contribution in [2.45, 2.75) is 355 Å². The van der Waals surface area contributed by atoms with Gasteiger partial charge in [-0.25, -0.2) is 0 Å². The van der Waals surface area contributed by atoms with Gasteiger partial charge in [-0.3, -0.25) is 14.4 Å². The van der Waals surface area contributed by atoms with Crippen molar-refractivity contribution < 1.29 is 28.6 Å². The van der Waals surface area contributed by atoms with Crippen LogP contribution in [0, 0.1) is 11.8 Å². The molecule has 6 nitrogen and oxygen atoms in total. The average molecular weight is 962 g/mol. The molecule has 0 aromatic heterocycles. The van der Waals surface area contributed by atoms with Crippen molar-refractivity contribution in [1.82, 2.24) is 0 Å². The highest BCUT2D eigenvalue weighted by Crippen LogP contribution is 2.19. The second kappa shape index (κ2) is 54.7. The Kier molecular flexibility index (Phi) is 53.5. The van der Waals surface area contributed by atoms with Crippen LogP contribution < -0.4 is 0 Å². The van der Waals surface area contributed by atoms with Crippen LogP contribution in [0.4, 0.5) is 0 Å². The highest BCUT2D eigenvalue weighted by molar-refractivity contribution is 5.71. The molecule has 0 fully saturated rings. The third kappa shape index (κ3) is 52.2. The predicted molar refractivity (Wildman–Crippen MR) is 293 cm³/mol. The Balaban J connectivity index is 4.28. The summed E-state index contributed by atoms with van der Waals surface area (Å²) < 4.78 is 16.9. The van der Waals surface area contributed by atoms with E-state index in [0.717, 1.165) is 69.6 Å². The van der Waals surface area contributed by atoms with Crippen molar-refractivity contribution >= 4 is 17.9 Å². The van der Waals surface area contributed by atoms with E-state index in [-0.39, 0.29) is 31.1 Å². The molecule has 0 aliphatic heterocycles. The van der Waals surface area contributed by atoms with Gasteiger partial charge in [0.15, 0.2) is 6.10 Å². The Morgan fingerprint density at radius 1 is 0.294 bits per heavy atom. The van der Waals surface area contributed by atoms with Crippen molar-refractivity contribution in [2.75, 3.05) is 13.2 Å². The van der Waals surface area contributed by atoms with E-state index in [1.165, 1.54) is 238 Å². The maximum Gasteiger partial charge on any atom is 0.306 e. The smallest absolute Gasteiger partial charge is 0.306 e. The summed E-state index contributed by atoms with van der Waals surface area (Å²) in [5.41, 5.74) is 0.